The smallest absolute Gasteiger partial charge is 0.216 e. The van der Waals surface area contributed by atoms with Crippen molar-refractivity contribution < 1.29 is 4.42 Å². The lowest BCUT2D eigenvalue weighted by Crippen LogP contribution is -2.49. The highest BCUT2D eigenvalue weighted by molar-refractivity contribution is 14.0. The second kappa shape index (κ2) is 11.4. The number of rotatable bonds is 7. The van der Waals surface area contributed by atoms with Gasteiger partial charge in [0.1, 0.15) is 5.82 Å². The molecule has 0 radical (unpaired) electrons. The van der Waals surface area contributed by atoms with Crippen molar-refractivity contribution >= 4 is 29.9 Å². The maximum atomic E-state index is 5.31. The number of guanidine groups is 1. The first kappa shape index (κ1) is 22.7. The summed E-state index contributed by atoms with van der Waals surface area (Å²) in [6.07, 6.45) is 4.67. The molecule has 0 unspecified atom stereocenters. The molecule has 0 aromatic carbocycles. The highest BCUT2D eigenvalue weighted by Gasteiger charge is 2.20. The van der Waals surface area contributed by atoms with Crippen LogP contribution in [0.5, 0.6) is 0 Å². The summed E-state index contributed by atoms with van der Waals surface area (Å²) >= 11 is 0. The van der Waals surface area contributed by atoms with E-state index in [9.17, 15) is 0 Å². The van der Waals surface area contributed by atoms with Crippen LogP contribution in [0.15, 0.2) is 27.8 Å². The first-order chi connectivity index (χ1) is 13.1. The van der Waals surface area contributed by atoms with Gasteiger partial charge in [0.2, 0.25) is 5.82 Å². The van der Waals surface area contributed by atoms with Gasteiger partial charge in [0.15, 0.2) is 11.7 Å². The molecule has 1 aliphatic rings. The van der Waals surface area contributed by atoms with Crippen molar-refractivity contribution in [3.8, 4) is 11.6 Å². The van der Waals surface area contributed by atoms with Gasteiger partial charge in [-0.1, -0.05) is 13.8 Å². The number of likely N-dealkylation sites (tertiary alicyclic amines) is 1. The molecule has 1 aliphatic heterocycles. The van der Waals surface area contributed by atoms with Crippen LogP contribution in [0.2, 0.25) is 0 Å². The van der Waals surface area contributed by atoms with E-state index in [2.05, 4.69) is 49.6 Å². The van der Waals surface area contributed by atoms with Crippen LogP contribution in [0.4, 0.5) is 0 Å². The van der Waals surface area contributed by atoms with Crippen molar-refractivity contribution in [2.24, 2.45) is 10.9 Å². The van der Waals surface area contributed by atoms with Gasteiger partial charge < -0.3 is 20.0 Å². The van der Waals surface area contributed by atoms with Crippen LogP contribution >= 0.6 is 24.0 Å². The van der Waals surface area contributed by atoms with Crippen molar-refractivity contribution in [3.63, 3.8) is 0 Å². The zero-order valence-electron chi connectivity index (χ0n) is 16.9. The quantitative estimate of drug-likeness (QED) is 0.307. The predicted molar refractivity (Wildman–Crippen MR) is 122 cm³/mol. The minimum absolute atomic E-state index is 0. The van der Waals surface area contributed by atoms with Crippen molar-refractivity contribution in [1.82, 2.24) is 30.7 Å². The Kier molecular flexibility index (Phi) is 9.23. The molecule has 3 heterocycles. The number of aromatic nitrogens is 3. The second-order valence-electron chi connectivity index (χ2n) is 7.45. The average molecular weight is 501 g/mol. The molecule has 1 fully saturated rings. The summed E-state index contributed by atoms with van der Waals surface area (Å²) in [6, 6.07) is 4.16. The van der Waals surface area contributed by atoms with Crippen LogP contribution in [0.1, 0.15) is 32.5 Å². The van der Waals surface area contributed by atoms with Gasteiger partial charge in [0, 0.05) is 45.7 Å². The van der Waals surface area contributed by atoms with Crippen molar-refractivity contribution in [1.29, 1.82) is 0 Å². The van der Waals surface area contributed by atoms with E-state index in [1.807, 2.05) is 19.2 Å². The summed E-state index contributed by atoms with van der Waals surface area (Å²) < 4.78 is 5.31. The molecule has 8 nitrogen and oxygen atoms in total. The minimum atomic E-state index is 0. The van der Waals surface area contributed by atoms with Crippen LogP contribution in [-0.2, 0) is 6.42 Å². The molecule has 0 aliphatic carbocycles. The Hall–Kier alpha value is -1.62. The monoisotopic (exact) mass is 501 g/mol. The zero-order chi connectivity index (χ0) is 19.1. The fourth-order valence-electron chi connectivity index (χ4n) is 3.39. The number of nitrogens with one attached hydrogen (secondary N) is 3. The maximum absolute atomic E-state index is 5.31. The highest BCUT2D eigenvalue weighted by atomic mass is 127. The molecule has 3 rings (SSSR count). The number of aromatic amines is 1. The molecule has 156 valence electrons. The fourth-order valence-corrected chi connectivity index (χ4v) is 3.39. The van der Waals surface area contributed by atoms with E-state index in [1.54, 1.807) is 6.26 Å². The summed E-state index contributed by atoms with van der Waals surface area (Å²) in [6.45, 7) is 8.79. The van der Waals surface area contributed by atoms with E-state index in [0.29, 0.717) is 17.6 Å². The molecule has 0 atom stereocenters. The number of H-pyrrole nitrogens is 1. The van der Waals surface area contributed by atoms with E-state index in [1.165, 1.54) is 6.54 Å². The van der Waals surface area contributed by atoms with Gasteiger partial charge in [0.05, 0.1) is 6.26 Å². The van der Waals surface area contributed by atoms with Gasteiger partial charge in [-0.3, -0.25) is 10.1 Å². The molecule has 28 heavy (non-hydrogen) atoms. The van der Waals surface area contributed by atoms with Crippen LogP contribution in [0, 0.1) is 5.92 Å². The van der Waals surface area contributed by atoms with Crippen LogP contribution in [-0.4, -0.2) is 65.3 Å². The van der Waals surface area contributed by atoms with Crippen LogP contribution in [0.25, 0.3) is 11.6 Å². The molecule has 1 saturated heterocycles. The number of aliphatic imine (C=N–C) groups is 1. The number of furan rings is 1. The van der Waals surface area contributed by atoms with E-state index >= 15 is 0 Å². The molecule has 2 aromatic heterocycles. The molecular formula is C19H32IN7O. The Morgan fingerprint density at radius 3 is 2.82 bits per heavy atom. The molecule has 0 spiro atoms. The van der Waals surface area contributed by atoms with E-state index in [-0.39, 0.29) is 24.0 Å². The minimum Gasteiger partial charge on any atom is -0.461 e. The lowest BCUT2D eigenvalue weighted by molar-refractivity contribution is 0.187. The maximum Gasteiger partial charge on any atom is 0.216 e. The second-order valence-corrected chi connectivity index (χ2v) is 7.45. The molecule has 0 bridgehead atoms. The fraction of sp³-hybridized carbons (Fsp3) is 0.632. The van der Waals surface area contributed by atoms with E-state index < -0.39 is 0 Å². The Morgan fingerprint density at radius 1 is 1.39 bits per heavy atom. The van der Waals surface area contributed by atoms with E-state index in [0.717, 1.165) is 56.6 Å². The van der Waals surface area contributed by atoms with Gasteiger partial charge in [-0.15, -0.1) is 24.0 Å². The van der Waals surface area contributed by atoms with Gasteiger partial charge in [-0.2, -0.15) is 5.10 Å². The van der Waals surface area contributed by atoms with Crippen LogP contribution in [0.3, 0.4) is 0 Å². The number of hydrogen-bond donors (Lipinski definition) is 3. The summed E-state index contributed by atoms with van der Waals surface area (Å²) in [7, 11) is 1.81. The van der Waals surface area contributed by atoms with Crippen molar-refractivity contribution in [2.45, 2.75) is 39.2 Å². The predicted octanol–water partition coefficient (Wildman–Crippen LogP) is 2.51. The topological polar surface area (TPSA) is 94.4 Å². The molecule has 2 aromatic rings. The Morgan fingerprint density at radius 2 is 2.18 bits per heavy atom. The summed E-state index contributed by atoms with van der Waals surface area (Å²) in [4.78, 5) is 11.4. The zero-order valence-corrected chi connectivity index (χ0v) is 19.3. The lowest BCUT2D eigenvalue weighted by Gasteiger charge is -2.33. The van der Waals surface area contributed by atoms with Gasteiger partial charge in [-0.05, 0) is 30.9 Å². The van der Waals surface area contributed by atoms with Gasteiger partial charge >= 0.3 is 0 Å². The Labute approximate surface area is 184 Å². The molecule has 3 N–H and O–H groups in total. The third-order valence-electron chi connectivity index (χ3n) is 4.70. The van der Waals surface area contributed by atoms with Crippen LogP contribution < -0.4 is 10.6 Å². The highest BCUT2D eigenvalue weighted by Crippen LogP contribution is 2.14. The molecule has 9 heteroatoms. The van der Waals surface area contributed by atoms with Gasteiger partial charge in [-0.25, -0.2) is 4.98 Å². The number of hydrogen-bond acceptors (Lipinski definition) is 5. The first-order valence-corrected chi connectivity index (χ1v) is 9.78. The Balaban J connectivity index is 0.00000280. The first-order valence-electron chi connectivity index (χ1n) is 9.78. The SMILES string of the molecule is CN=C(NCCc1nc(-c2ccco2)n[nH]1)NC1CCN(CC(C)C)CC1.I. The number of piperidine rings is 1. The lowest BCUT2D eigenvalue weighted by atomic mass is 10.0. The van der Waals surface area contributed by atoms with Crippen molar-refractivity contribution in [2.75, 3.05) is 33.2 Å². The summed E-state index contributed by atoms with van der Waals surface area (Å²) in [5.41, 5.74) is 0. The van der Waals surface area contributed by atoms with Crippen molar-refractivity contribution in [3.05, 3.63) is 24.2 Å². The molecular weight excluding hydrogens is 469 g/mol. The largest absolute Gasteiger partial charge is 0.461 e. The van der Waals surface area contributed by atoms with Gasteiger partial charge in [0.25, 0.3) is 0 Å². The standard InChI is InChI=1S/C19H31N7O.HI/c1-14(2)13-26-10-7-15(8-11-26)22-19(20-3)21-9-6-17-23-18(25-24-17)16-5-4-12-27-16;/h4-5,12,14-15H,6-11,13H2,1-3H3,(H2,20,21,22)(H,23,24,25);1H. The Bertz CT molecular complexity index is 706. The van der Waals surface area contributed by atoms with E-state index in [4.69, 9.17) is 4.42 Å². The third kappa shape index (κ3) is 6.77. The molecule has 0 amide bonds. The summed E-state index contributed by atoms with van der Waals surface area (Å²) in [5, 5.41) is 14.1. The average Bonchev–Trinajstić information content (AvgIpc) is 3.33. The normalized spacial score (nSPS) is 16.2. The molecule has 0 saturated carbocycles. The number of nitrogens with zero attached hydrogens (tertiary/aromatic N) is 4. The third-order valence-corrected chi connectivity index (χ3v) is 4.70. The summed E-state index contributed by atoms with van der Waals surface area (Å²) in [5.74, 6) is 3.67. The number of halogens is 1.